The van der Waals surface area contributed by atoms with E-state index < -0.39 is 0 Å². The first-order chi connectivity index (χ1) is 6.50. The van der Waals surface area contributed by atoms with E-state index in [0.29, 0.717) is 0 Å². The minimum absolute atomic E-state index is 0.732. The normalized spacial score (nSPS) is 20.3. The Morgan fingerprint density at radius 2 is 0.923 bits per heavy atom. The van der Waals surface area contributed by atoms with Gasteiger partial charge >= 0.3 is 0 Å². The van der Waals surface area contributed by atoms with Crippen LogP contribution in [0.2, 0.25) is 0 Å². The Labute approximate surface area is 77.2 Å². The Balaban J connectivity index is 2.29. The lowest BCUT2D eigenvalue weighted by atomic mass is 10.1. The maximum atomic E-state index is 3.80. The van der Waals surface area contributed by atoms with Gasteiger partial charge < -0.3 is 0 Å². The zero-order valence-electron chi connectivity index (χ0n) is 7.63. The number of hydrogen-bond acceptors (Lipinski definition) is 6. The van der Waals surface area contributed by atoms with Crippen LogP contribution in [0.3, 0.4) is 0 Å². The largest absolute Gasteiger partial charge is 0.167 e. The standard InChI is InChI=1S/C7H14N6/c1-2-4-6-8-10-12-13-11-9-7-5-3-1/h1-7H2. The summed E-state index contributed by atoms with van der Waals surface area (Å²) in [7, 11) is 0. The molecule has 0 N–H and O–H groups in total. The van der Waals surface area contributed by atoms with Crippen molar-refractivity contribution >= 4 is 0 Å². The molecule has 0 saturated carbocycles. The molecule has 1 aliphatic heterocycles. The van der Waals surface area contributed by atoms with E-state index >= 15 is 0 Å². The minimum atomic E-state index is 0.732. The van der Waals surface area contributed by atoms with Crippen LogP contribution in [-0.2, 0) is 0 Å². The molecule has 0 unspecified atom stereocenters. The fourth-order valence-electron chi connectivity index (χ4n) is 1.08. The fraction of sp³-hybridized carbons (Fsp3) is 1.00. The molecule has 0 spiro atoms. The van der Waals surface area contributed by atoms with Gasteiger partial charge in [-0.2, -0.15) is 10.2 Å². The lowest BCUT2D eigenvalue weighted by Gasteiger charge is -1.95. The van der Waals surface area contributed by atoms with Gasteiger partial charge in [0.15, 0.2) is 0 Å². The molecule has 72 valence electrons. The van der Waals surface area contributed by atoms with Gasteiger partial charge in [0.05, 0.1) is 13.1 Å². The molecule has 0 amide bonds. The average molecular weight is 182 g/mol. The lowest BCUT2D eigenvalue weighted by Crippen LogP contribution is -1.84. The Kier molecular flexibility index (Phi) is 5.66. The van der Waals surface area contributed by atoms with Crippen LogP contribution >= 0.6 is 0 Å². The summed E-state index contributed by atoms with van der Waals surface area (Å²) < 4.78 is 0. The molecular weight excluding hydrogens is 168 g/mol. The van der Waals surface area contributed by atoms with E-state index in [9.17, 15) is 0 Å². The van der Waals surface area contributed by atoms with E-state index in [1.54, 1.807) is 0 Å². The second-order valence-corrected chi connectivity index (χ2v) is 2.86. The molecule has 0 aromatic carbocycles. The zero-order chi connectivity index (χ0) is 9.19. The maximum absolute atomic E-state index is 3.80. The van der Waals surface area contributed by atoms with Gasteiger partial charge in [-0.1, -0.05) is 19.3 Å². The van der Waals surface area contributed by atoms with Crippen molar-refractivity contribution in [3.8, 4) is 0 Å². The van der Waals surface area contributed by atoms with Crippen LogP contribution in [0, 0.1) is 0 Å². The van der Waals surface area contributed by atoms with Crippen LogP contribution < -0.4 is 0 Å². The Morgan fingerprint density at radius 3 is 1.46 bits per heavy atom. The smallest absolute Gasteiger partial charge is 0.0621 e. The van der Waals surface area contributed by atoms with E-state index in [4.69, 9.17) is 0 Å². The topological polar surface area (TPSA) is 74.2 Å². The zero-order valence-corrected chi connectivity index (χ0v) is 7.63. The first-order valence-corrected chi connectivity index (χ1v) is 4.63. The third kappa shape index (κ3) is 6.01. The van der Waals surface area contributed by atoms with E-state index in [2.05, 4.69) is 31.1 Å². The van der Waals surface area contributed by atoms with Crippen LogP contribution in [0.25, 0.3) is 0 Å². The van der Waals surface area contributed by atoms with Gasteiger partial charge in [0.1, 0.15) is 0 Å². The van der Waals surface area contributed by atoms with Crippen molar-refractivity contribution in [2.45, 2.75) is 32.1 Å². The fourth-order valence-corrected chi connectivity index (χ4v) is 1.08. The van der Waals surface area contributed by atoms with Gasteiger partial charge in [-0.25, -0.2) is 0 Å². The molecule has 0 saturated heterocycles. The van der Waals surface area contributed by atoms with E-state index in [1.165, 1.54) is 19.3 Å². The van der Waals surface area contributed by atoms with E-state index in [-0.39, 0.29) is 0 Å². The van der Waals surface area contributed by atoms with Crippen molar-refractivity contribution in [1.82, 2.24) is 0 Å². The first-order valence-electron chi connectivity index (χ1n) is 4.63. The van der Waals surface area contributed by atoms with Crippen LogP contribution in [0.4, 0.5) is 0 Å². The molecule has 0 aliphatic carbocycles. The summed E-state index contributed by atoms with van der Waals surface area (Å²) in [6.45, 7) is 1.46. The Morgan fingerprint density at radius 1 is 0.462 bits per heavy atom. The molecule has 0 aromatic heterocycles. The molecule has 0 atom stereocenters. The molecule has 13 heavy (non-hydrogen) atoms. The molecule has 0 fully saturated rings. The Bertz CT molecular complexity index is 177. The molecule has 0 radical (unpaired) electrons. The van der Waals surface area contributed by atoms with Crippen molar-refractivity contribution in [2.75, 3.05) is 13.1 Å². The van der Waals surface area contributed by atoms with Crippen LogP contribution in [0.15, 0.2) is 31.1 Å². The third-order valence-corrected chi connectivity index (χ3v) is 1.76. The van der Waals surface area contributed by atoms with Crippen molar-refractivity contribution in [3.05, 3.63) is 0 Å². The second-order valence-electron chi connectivity index (χ2n) is 2.86. The third-order valence-electron chi connectivity index (χ3n) is 1.76. The highest BCUT2D eigenvalue weighted by molar-refractivity contribution is 4.47. The monoisotopic (exact) mass is 182 g/mol. The van der Waals surface area contributed by atoms with Gasteiger partial charge in [0.25, 0.3) is 0 Å². The van der Waals surface area contributed by atoms with Crippen molar-refractivity contribution in [3.63, 3.8) is 0 Å². The molecule has 6 nitrogen and oxygen atoms in total. The SMILES string of the molecule is C1CCCN=NN=NN=NCCC1. The summed E-state index contributed by atoms with van der Waals surface area (Å²) in [5.41, 5.74) is 0. The highest BCUT2D eigenvalue weighted by Gasteiger charge is 1.90. The number of rotatable bonds is 0. The van der Waals surface area contributed by atoms with Gasteiger partial charge in [0, 0.05) is 0 Å². The first kappa shape index (κ1) is 9.88. The molecule has 6 heteroatoms. The molecule has 0 bridgehead atoms. The molecule has 1 aliphatic rings. The van der Waals surface area contributed by atoms with Gasteiger partial charge in [-0.3, -0.25) is 0 Å². The quantitative estimate of drug-likeness (QED) is 0.552. The van der Waals surface area contributed by atoms with Crippen molar-refractivity contribution in [1.29, 1.82) is 0 Å². The molecule has 0 aromatic rings. The van der Waals surface area contributed by atoms with Crippen molar-refractivity contribution < 1.29 is 0 Å². The summed E-state index contributed by atoms with van der Waals surface area (Å²) in [6.07, 6.45) is 5.79. The minimum Gasteiger partial charge on any atom is -0.167 e. The highest BCUT2D eigenvalue weighted by Crippen LogP contribution is 2.04. The average Bonchev–Trinajstić information content (AvgIpc) is 2.18. The predicted molar refractivity (Wildman–Crippen MR) is 47.4 cm³/mol. The molecular formula is C7H14N6. The summed E-state index contributed by atoms with van der Waals surface area (Å²) in [5, 5.41) is 21.2. The van der Waals surface area contributed by atoms with Gasteiger partial charge in [-0.15, -0.1) is 0 Å². The number of nitrogens with zero attached hydrogens (tertiary/aromatic N) is 6. The predicted octanol–water partition coefficient (Wildman–Crippen LogP) is 3.14. The van der Waals surface area contributed by atoms with Crippen molar-refractivity contribution in [2.24, 2.45) is 31.1 Å². The lowest BCUT2D eigenvalue weighted by molar-refractivity contribution is 0.614. The number of hydrogen-bond donors (Lipinski definition) is 0. The Hall–Kier alpha value is -1.20. The highest BCUT2D eigenvalue weighted by atomic mass is 15.6. The van der Waals surface area contributed by atoms with Gasteiger partial charge in [0.2, 0.25) is 0 Å². The van der Waals surface area contributed by atoms with E-state index in [0.717, 1.165) is 25.9 Å². The summed E-state index contributed by atoms with van der Waals surface area (Å²) in [6, 6.07) is 0. The van der Waals surface area contributed by atoms with Crippen LogP contribution in [0.1, 0.15) is 32.1 Å². The van der Waals surface area contributed by atoms with E-state index in [1.807, 2.05) is 0 Å². The maximum Gasteiger partial charge on any atom is 0.0621 e. The summed E-state index contributed by atoms with van der Waals surface area (Å²) >= 11 is 0. The summed E-state index contributed by atoms with van der Waals surface area (Å²) in [5.74, 6) is 0. The van der Waals surface area contributed by atoms with Crippen LogP contribution in [-0.4, -0.2) is 13.1 Å². The summed E-state index contributed by atoms with van der Waals surface area (Å²) in [4.78, 5) is 0. The molecule has 1 rings (SSSR count). The second kappa shape index (κ2) is 7.45. The molecule has 1 heterocycles. The van der Waals surface area contributed by atoms with Gasteiger partial charge in [-0.05, 0) is 33.7 Å². The van der Waals surface area contributed by atoms with Crippen LogP contribution in [0.5, 0.6) is 0 Å².